The van der Waals surface area contributed by atoms with Crippen LogP contribution in [0.3, 0.4) is 0 Å². The number of amides is 2. The molecule has 52 heavy (non-hydrogen) atoms. The number of halogens is 3. The Morgan fingerprint density at radius 1 is 0.788 bits per heavy atom. The number of carbonyl (C=O) groups excluding carboxylic acids is 2. The zero-order valence-corrected chi connectivity index (χ0v) is 32.1. The fourth-order valence-corrected chi connectivity index (χ4v) is 8.15. The molecule has 276 valence electrons. The summed E-state index contributed by atoms with van der Waals surface area (Å²) in [6.45, 7) is -0.807. The third kappa shape index (κ3) is 9.25. The predicted molar refractivity (Wildman–Crippen MR) is 203 cm³/mol. The molecule has 1 aliphatic carbocycles. The lowest BCUT2D eigenvalue weighted by Gasteiger charge is -2.34. The summed E-state index contributed by atoms with van der Waals surface area (Å²) in [5, 5.41) is 3.95. The van der Waals surface area contributed by atoms with E-state index in [4.69, 9.17) is 49.0 Å². The zero-order valence-electron chi connectivity index (χ0n) is 29.0. The van der Waals surface area contributed by atoms with E-state index in [1.54, 1.807) is 24.3 Å². The molecule has 4 aromatic carbocycles. The number of anilines is 1. The van der Waals surface area contributed by atoms with E-state index >= 15 is 0 Å². The van der Waals surface area contributed by atoms with Crippen LogP contribution in [0.4, 0.5) is 5.69 Å². The first-order chi connectivity index (χ1) is 24.9. The van der Waals surface area contributed by atoms with Crippen molar-refractivity contribution in [3.05, 3.63) is 111 Å². The quantitative estimate of drug-likeness (QED) is 0.132. The van der Waals surface area contributed by atoms with Gasteiger partial charge in [0.15, 0.2) is 11.5 Å². The van der Waals surface area contributed by atoms with Gasteiger partial charge in [0.25, 0.3) is 10.0 Å². The number of benzene rings is 4. The van der Waals surface area contributed by atoms with Crippen molar-refractivity contribution in [1.82, 2.24) is 10.2 Å². The maximum Gasteiger partial charge on any atom is 0.265 e. The molecule has 1 aliphatic rings. The summed E-state index contributed by atoms with van der Waals surface area (Å²) in [6, 6.07) is 21.8. The van der Waals surface area contributed by atoms with Crippen LogP contribution in [0.15, 0.2) is 89.8 Å². The van der Waals surface area contributed by atoms with Crippen molar-refractivity contribution in [3.63, 3.8) is 0 Å². The number of rotatable bonds is 15. The number of nitrogens with one attached hydrogen (secondary N) is 1. The highest BCUT2D eigenvalue weighted by molar-refractivity contribution is 7.92. The summed E-state index contributed by atoms with van der Waals surface area (Å²) in [6.07, 6.45) is 3.80. The van der Waals surface area contributed by atoms with Gasteiger partial charge in [-0.05, 0) is 66.4 Å². The molecule has 1 unspecified atom stereocenters. The Balaban J connectivity index is 1.64. The van der Waals surface area contributed by atoms with Gasteiger partial charge < -0.3 is 24.4 Å². The van der Waals surface area contributed by atoms with Gasteiger partial charge >= 0.3 is 0 Å². The van der Waals surface area contributed by atoms with Crippen LogP contribution in [-0.2, 0) is 32.6 Å². The monoisotopic (exact) mass is 787 g/mol. The van der Waals surface area contributed by atoms with Crippen LogP contribution < -0.4 is 23.8 Å². The molecule has 0 aromatic heterocycles. The second-order valence-electron chi connectivity index (χ2n) is 12.3. The second-order valence-corrected chi connectivity index (χ2v) is 15.4. The molecule has 10 nitrogen and oxygen atoms in total. The van der Waals surface area contributed by atoms with Gasteiger partial charge in [0.2, 0.25) is 11.8 Å². The van der Waals surface area contributed by atoms with Crippen LogP contribution in [0.5, 0.6) is 17.2 Å². The highest BCUT2D eigenvalue weighted by Gasteiger charge is 2.37. The SMILES string of the molecule is COc1ccc(S(=O)(=O)N(CC(=O)N(Cc2ccc(Cl)c(Cl)c2)C(Cc2ccccc2)C(=O)NC2CCCC2)c2cc(Cl)ccc2OC)cc1OC. The Morgan fingerprint density at radius 3 is 2.12 bits per heavy atom. The number of nitrogens with zero attached hydrogens (tertiary/aromatic N) is 2. The number of methoxy groups -OCH3 is 3. The molecule has 14 heteroatoms. The van der Waals surface area contributed by atoms with Gasteiger partial charge in [-0.3, -0.25) is 13.9 Å². The van der Waals surface area contributed by atoms with Gasteiger partial charge in [-0.2, -0.15) is 0 Å². The fraction of sp³-hybridized carbons (Fsp3) is 0.316. The maximum absolute atomic E-state index is 14.9. The maximum atomic E-state index is 14.9. The Kier molecular flexibility index (Phi) is 13.2. The Morgan fingerprint density at radius 2 is 1.46 bits per heavy atom. The van der Waals surface area contributed by atoms with Crippen molar-refractivity contribution < 1.29 is 32.2 Å². The molecule has 0 saturated heterocycles. The molecule has 2 amide bonds. The smallest absolute Gasteiger partial charge is 0.265 e. The molecule has 0 bridgehead atoms. The van der Waals surface area contributed by atoms with E-state index in [0.29, 0.717) is 16.3 Å². The van der Waals surface area contributed by atoms with Crippen molar-refractivity contribution in [3.8, 4) is 17.2 Å². The lowest BCUT2D eigenvalue weighted by Crippen LogP contribution is -2.54. The van der Waals surface area contributed by atoms with Gasteiger partial charge in [-0.1, -0.05) is 84.0 Å². The number of sulfonamides is 1. The van der Waals surface area contributed by atoms with Crippen LogP contribution in [-0.4, -0.2) is 65.1 Å². The molecule has 0 spiro atoms. The third-order valence-corrected chi connectivity index (χ3v) is 11.7. The first kappa shape index (κ1) is 39.1. The first-order valence-electron chi connectivity index (χ1n) is 16.6. The van der Waals surface area contributed by atoms with Crippen LogP contribution in [0.2, 0.25) is 15.1 Å². The van der Waals surface area contributed by atoms with Crippen molar-refractivity contribution in [2.24, 2.45) is 0 Å². The highest BCUT2D eigenvalue weighted by atomic mass is 35.5. The van der Waals surface area contributed by atoms with E-state index in [1.165, 1.54) is 56.6 Å². The number of hydrogen-bond acceptors (Lipinski definition) is 7. The largest absolute Gasteiger partial charge is 0.495 e. The molecule has 0 aliphatic heterocycles. The fourth-order valence-electron chi connectivity index (χ4n) is 6.23. The molecule has 1 N–H and O–H groups in total. The Hall–Kier alpha value is -4.16. The molecular formula is C38H40Cl3N3O7S. The second kappa shape index (κ2) is 17.6. The molecular weight excluding hydrogens is 749 g/mol. The summed E-state index contributed by atoms with van der Waals surface area (Å²) in [5.74, 6) is -0.384. The Bertz CT molecular complexity index is 1990. The first-order valence-corrected chi connectivity index (χ1v) is 19.2. The minimum absolute atomic E-state index is 0.0163. The summed E-state index contributed by atoms with van der Waals surface area (Å²) in [7, 11) is -0.317. The lowest BCUT2D eigenvalue weighted by molar-refractivity contribution is -0.140. The highest BCUT2D eigenvalue weighted by Crippen LogP contribution is 2.37. The summed E-state index contributed by atoms with van der Waals surface area (Å²) < 4.78 is 46.5. The van der Waals surface area contributed by atoms with Crippen molar-refractivity contribution in [1.29, 1.82) is 0 Å². The van der Waals surface area contributed by atoms with Gasteiger partial charge in [0, 0.05) is 30.1 Å². The number of hydrogen-bond donors (Lipinski definition) is 1. The molecule has 0 radical (unpaired) electrons. The van der Waals surface area contributed by atoms with Crippen LogP contribution >= 0.6 is 34.8 Å². The molecule has 1 atom stereocenters. The van der Waals surface area contributed by atoms with E-state index in [0.717, 1.165) is 35.6 Å². The standard InChI is InChI=1S/C38H40Cl3N3O7S/c1-49-34-17-14-27(39)21-32(34)44(52(47,48)29-15-18-35(50-2)36(22-29)51-3)24-37(45)43(23-26-13-16-30(40)31(41)19-26)33(20-25-9-5-4-6-10-25)38(46)42-28-11-7-8-12-28/h4-6,9-10,13-19,21-22,28,33H,7-8,11-12,20,23-24H2,1-3H3,(H,42,46). The average Bonchev–Trinajstić information content (AvgIpc) is 3.66. The van der Waals surface area contributed by atoms with Gasteiger partial charge in [0.05, 0.1) is 42.0 Å². The molecule has 0 heterocycles. The van der Waals surface area contributed by atoms with Crippen molar-refractivity contribution in [2.75, 3.05) is 32.2 Å². The number of carbonyl (C=O) groups is 2. The minimum Gasteiger partial charge on any atom is -0.495 e. The Labute approximate surface area is 319 Å². The van der Waals surface area contributed by atoms with Gasteiger partial charge in [-0.15, -0.1) is 0 Å². The van der Waals surface area contributed by atoms with Crippen LogP contribution in [0.25, 0.3) is 0 Å². The summed E-state index contributed by atoms with van der Waals surface area (Å²) >= 11 is 19.0. The molecule has 1 fully saturated rings. The molecule has 4 aromatic rings. The van der Waals surface area contributed by atoms with E-state index in [9.17, 15) is 18.0 Å². The zero-order chi connectivity index (χ0) is 37.4. The van der Waals surface area contributed by atoms with Crippen molar-refractivity contribution in [2.45, 2.75) is 55.6 Å². The topological polar surface area (TPSA) is 114 Å². The minimum atomic E-state index is -4.53. The lowest BCUT2D eigenvalue weighted by atomic mass is 10.0. The summed E-state index contributed by atoms with van der Waals surface area (Å²) in [5.41, 5.74) is 1.42. The van der Waals surface area contributed by atoms with Gasteiger partial charge in [-0.25, -0.2) is 8.42 Å². The molecule has 5 rings (SSSR count). The van der Waals surface area contributed by atoms with E-state index in [2.05, 4.69) is 5.32 Å². The normalized spacial score (nSPS) is 13.7. The summed E-state index contributed by atoms with van der Waals surface area (Å²) in [4.78, 5) is 30.4. The van der Waals surface area contributed by atoms with Gasteiger partial charge in [0.1, 0.15) is 18.3 Å². The third-order valence-electron chi connectivity index (χ3n) is 8.94. The van der Waals surface area contributed by atoms with Crippen LogP contribution in [0.1, 0.15) is 36.8 Å². The average molecular weight is 789 g/mol. The van der Waals surface area contributed by atoms with Crippen molar-refractivity contribution >= 4 is 62.3 Å². The number of ether oxygens (including phenoxy) is 3. The molecule has 1 saturated carbocycles. The van der Waals surface area contributed by atoms with E-state index in [1.807, 2.05) is 30.3 Å². The van der Waals surface area contributed by atoms with E-state index < -0.39 is 28.5 Å². The van der Waals surface area contributed by atoms with E-state index in [-0.39, 0.29) is 57.0 Å². The van der Waals surface area contributed by atoms with Crippen LogP contribution in [0, 0.1) is 0 Å². The predicted octanol–water partition coefficient (Wildman–Crippen LogP) is 7.57.